The van der Waals surface area contributed by atoms with Gasteiger partial charge in [-0.25, -0.2) is 4.39 Å². The molecule has 2 rings (SSSR count). The van der Waals surface area contributed by atoms with Gasteiger partial charge in [0.25, 0.3) is 0 Å². The molecule has 1 aromatic carbocycles. The second kappa shape index (κ2) is 5.84. The number of benzene rings is 1. The predicted octanol–water partition coefficient (Wildman–Crippen LogP) is 3.53. The van der Waals surface area contributed by atoms with Crippen LogP contribution in [-0.4, -0.2) is 21.0 Å². The van der Waals surface area contributed by atoms with Crippen molar-refractivity contribution in [2.24, 2.45) is 0 Å². The number of halogens is 2. The molecule has 0 bridgehead atoms. The highest BCUT2D eigenvalue weighted by molar-refractivity contribution is 9.10. The van der Waals surface area contributed by atoms with E-state index in [0.717, 1.165) is 21.4 Å². The SMILES string of the molecule is Cc1nn(CCC(C)O)c(-c2ccc(F)cc2)c1Br. The average molecular weight is 327 g/mol. The number of hydrogen-bond acceptors (Lipinski definition) is 2. The number of rotatable bonds is 4. The Hall–Kier alpha value is -1.20. The summed E-state index contributed by atoms with van der Waals surface area (Å²) in [5.74, 6) is -0.258. The van der Waals surface area contributed by atoms with Gasteiger partial charge in [-0.2, -0.15) is 5.10 Å². The monoisotopic (exact) mass is 326 g/mol. The van der Waals surface area contributed by atoms with Gasteiger partial charge < -0.3 is 5.11 Å². The lowest BCUT2D eigenvalue weighted by Gasteiger charge is -2.09. The minimum Gasteiger partial charge on any atom is -0.393 e. The van der Waals surface area contributed by atoms with Crippen molar-refractivity contribution in [1.29, 1.82) is 0 Å². The summed E-state index contributed by atoms with van der Waals surface area (Å²) < 4.78 is 15.7. The first kappa shape index (κ1) is 14.2. The van der Waals surface area contributed by atoms with Crippen LogP contribution in [0.3, 0.4) is 0 Å². The van der Waals surface area contributed by atoms with E-state index < -0.39 is 0 Å². The molecule has 0 aliphatic rings. The quantitative estimate of drug-likeness (QED) is 0.933. The largest absolute Gasteiger partial charge is 0.393 e. The molecule has 19 heavy (non-hydrogen) atoms. The smallest absolute Gasteiger partial charge is 0.123 e. The van der Waals surface area contributed by atoms with Gasteiger partial charge in [0, 0.05) is 12.1 Å². The number of aromatic nitrogens is 2. The van der Waals surface area contributed by atoms with Gasteiger partial charge >= 0.3 is 0 Å². The van der Waals surface area contributed by atoms with Crippen LogP contribution < -0.4 is 0 Å². The van der Waals surface area contributed by atoms with Crippen LogP contribution in [0.4, 0.5) is 4.39 Å². The van der Waals surface area contributed by atoms with Crippen molar-refractivity contribution in [3.05, 3.63) is 40.2 Å². The Morgan fingerprint density at radius 2 is 2.00 bits per heavy atom. The van der Waals surface area contributed by atoms with E-state index >= 15 is 0 Å². The van der Waals surface area contributed by atoms with Crippen molar-refractivity contribution in [3.63, 3.8) is 0 Å². The van der Waals surface area contributed by atoms with Crippen LogP contribution in [0, 0.1) is 12.7 Å². The molecule has 1 atom stereocenters. The van der Waals surface area contributed by atoms with Crippen LogP contribution in [0.25, 0.3) is 11.3 Å². The molecular weight excluding hydrogens is 311 g/mol. The molecule has 5 heteroatoms. The first-order valence-corrected chi connectivity index (χ1v) is 6.95. The van der Waals surface area contributed by atoms with Gasteiger partial charge in [-0.05, 0) is 60.5 Å². The number of hydrogen-bond donors (Lipinski definition) is 1. The van der Waals surface area contributed by atoms with Crippen LogP contribution >= 0.6 is 15.9 Å². The van der Waals surface area contributed by atoms with Gasteiger partial charge in [-0.3, -0.25) is 4.68 Å². The van der Waals surface area contributed by atoms with E-state index in [4.69, 9.17) is 0 Å². The molecule has 0 saturated heterocycles. The Bertz CT molecular complexity index is 564. The van der Waals surface area contributed by atoms with Gasteiger partial charge in [-0.1, -0.05) is 0 Å². The van der Waals surface area contributed by atoms with Crippen molar-refractivity contribution in [1.82, 2.24) is 9.78 Å². The first-order valence-electron chi connectivity index (χ1n) is 6.16. The zero-order valence-electron chi connectivity index (χ0n) is 10.9. The van der Waals surface area contributed by atoms with E-state index in [9.17, 15) is 9.50 Å². The summed E-state index contributed by atoms with van der Waals surface area (Å²) in [6.45, 7) is 4.29. The molecule has 102 valence electrons. The lowest BCUT2D eigenvalue weighted by atomic mass is 10.1. The maximum atomic E-state index is 13.0. The lowest BCUT2D eigenvalue weighted by molar-refractivity contribution is 0.176. The minimum atomic E-state index is -0.371. The number of aliphatic hydroxyl groups excluding tert-OH is 1. The second-order valence-electron chi connectivity index (χ2n) is 4.62. The summed E-state index contributed by atoms with van der Waals surface area (Å²) in [5, 5.41) is 13.8. The normalized spacial score (nSPS) is 12.7. The lowest BCUT2D eigenvalue weighted by Crippen LogP contribution is -2.09. The average Bonchev–Trinajstić information content (AvgIpc) is 2.64. The van der Waals surface area contributed by atoms with E-state index in [2.05, 4.69) is 21.0 Å². The Labute approximate surface area is 120 Å². The highest BCUT2D eigenvalue weighted by Gasteiger charge is 2.15. The summed E-state index contributed by atoms with van der Waals surface area (Å²) in [5.41, 5.74) is 2.70. The van der Waals surface area contributed by atoms with Crippen molar-refractivity contribution < 1.29 is 9.50 Å². The second-order valence-corrected chi connectivity index (χ2v) is 5.41. The van der Waals surface area contributed by atoms with Crippen molar-refractivity contribution in [2.75, 3.05) is 0 Å². The van der Waals surface area contributed by atoms with Gasteiger partial charge in [0.2, 0.25) is 0 Å². The fraction of sp³-hybridized carbons (Fsp3) is 0.357. The molecule has 0 aliphatic carbocycles. The van der Waals surface area contributed by atoms with Crippen molar-refractivity contribution in [2.45, 2.75) is 32.9 Å². The third-order valence-corrected chi connectivity index (χ3v) is 3.88. The van der Waals surface area contributed by atoms with E-state index in [1.807, 2.05) is 11.6 Å². The molecule has 0 amide bonds. The third-order valence-electron chi connectivity index (χ3n) is 2.93. The fourth-order valence-electron chi connectivity index (χ4n) is 1.91. The Balaban J connectivity index is 2.40. The molecule has 1 heterocycles. The summed E-state index contributed by atoms with van der Waals surface area (Å²) in [6.07, 6.45) is 0.256. The number of aryl methyl sites for hydroxylation is 2. The maximum Gasteiger partial charge on any atom is 0.123 e. The Kier molecular flexibility index (Phi) is 4.37. The predicted molar refractivity (Wildman–Crippen MR) is 76.4 cm³/mol. The van der Waals surface area contributed by atoms with Gasteiger partial charge in [-0.15, -0.1) is 0 Å². The van der Waals surface area contributed by atoms with Crippen LogP contribution in [0.1, 0.15) is 19.0 Å². The molecule has 0 fully saturated rings. The van der Waals surface area contributed by atoms with E-state index in [0.29, 0.717) is 13.0 Å². The summed E-state index contributed by atoms with van der Waals surface area (Å²) in [6, 6.07) is 6.33. The Morgan fingerprint density at radius 1 is 1.37 bits per heavy atom. The fourth-order valence-corrected chi connectivity index (χ4v) is 2.43. The first-order chi connectivity index (χ1) is 8.99. The van der Waals surface area contributed by atoms with Crippen molar-refractivity contribution >= 4 is 15.9 Å². The molecule has 2 aromatic rings. The summed E-state index contributed by atoms with van der Waals surface area (Å²) in [7, 11) is 0. The number of aliphatic hydroxyl groups is 1. The van der Waals surface area contributed by atoms with E-state index in [1.54, 1.807) is 19.1 Å². The Morgan fingerprint density at radius 3 is 2.58 bits per heavy atom. The van der Waals surface area contributed by atoms with Crippen LogP contribution in [-0.2, 0) is 6.54 Å². The standard InChI is InChI=1S/C14H16BrFN2O/c1-9(19)7-8-18-14(13(15)10(2)17-18)11-3-5-12(16)6-4-11/h3-6,9,19H,7-8H2,1-2H3. The minimum absolute atomic E-state index is 0.258. The molecule has 0 radical (unpaired) electrons. The summed E-state index contributed by atoms with van der Waals surface area (Å²) in [4.78, 5) is 0. The van der Waals surface area contributed by atoms with Crippen LogP contribution in [0.15, 0.2) is 28.7 Å². The maximum absolute atomic E-state index is 13.0. The summed E-state index contributed by atoms with van der Waals surface area (Å²) >= 11 is 3.52. The molecule has 1 aromatic heterocycles. The number of nitrogens with zero attached hydrogens (tertiary/aromatic N) is 2. The third kappa shape index (κ3) is 3.22. The topological polar surface area (TPSA) is 38.0 Å². The molecular formula is C14H16BrFN2O. The molecule has 0 spiro atoms. The van der Waals surface area contributed by atoms with Crippen LogP contribution in [0.5, 0.6) is 0 Å². The van der Waals surface area contributed by atoms with Gasteiger partial charge in [0.1, 0.15) is 5.82 Å². The van der Waals surface area contributed by atoms with Gasteiger partial charge in [0.05, 0.1) is 22.0 Å². The highest BCUT2D eigenvalue weighted by Crippen LogP contribution is 2.31. The highest BCUT2D eigenvalue weighted by atomic mass is 79.9. The van der Waals surface area contributed by atoms with Crippen molar-refractivity contribution in [3.8, 4) is 11.3 Å². The molecule has 0 saturated carbocycles. The van der Waals surface area contributed by atoms with E-state index in [-0.39, 0.29) is 11.9 Å². The zero-order chi connectivity index (χ0) is 14.0. The molecule has 0 aliphatic heterocycles. The van der Waals surface area contributed by atoms with E-state index in [1.165, 1.54) is 12.1 Å². The zero-order valence-corrected chi connectivity index (χ0v) is 12.5. The molecule has 1 unspecified atom stereocenters. The van der Waals surface area contributed by atoms with Crippen LogP contribution in [0.2, 0.25) is 0 Å². The van der Waals surface area contributed by atoms with Gasteiger partial charge in [0.15, 0.2) is 0 Å². The molecule has 3 nitrogen and oxygen atoms in total. The molecule has 1 N–H and O–H groups in total.